The van der Waals surface area contributed by atoms with Crippen LogP contribution in [0.1, 0.15) is 23.2 Å². The van der Waals surface area contributed by atoms with Crippen LogP contribution in [-0.2, 0) is 4.74 Å². The zero-order valence-electron chi connectivity index (χ0n) is 10.8. The van der Waals surface area contributed by atoms with E-state index in [9.17, 15) is 4.79 Å². The molecular formula is C14H18N2O3. The molecule has 2 saturated heterocycles. The number of nitrogen functional groups attached to an aromatic ring is 1. The molecule has 0 bridgehead atoms. The first-order valence-electron chi connectivity index (χ1n) is 6.55. The summed E-state index contributed by atoms with van der Waals surface area (Å²) in [5.74, 6) is -0.942. The van der Waals surface area contributed by atoms with Crippen LogP contribution in [0.3, 0.4) is 0 Å². The summed E-state index contributed by atoms with van der Waals surface area (Å²) in [4.78, 5) is 13.1. The number of carboxylic acid groups (broad SMARTS) is 1. The Bertz CT molecular complexity index is 501. The molecule has 0 atom stereocenters. The highest BCUT2D eigenvalue weighted by Crippen LogP contribution is 2.43. The number of nitrogens with two attached hydrogens (primary N) is 1. The van der Waals surface area contributed by atoms with Crippen molar-refractivity contribution < 1.29 is 14.6 Å². The summed E-state index contributed by atoms with van der Waals surface area (Å²) in [6.45, 7) is 3.68. The van der Waals surface area contributed by atoms with Gasteiger partial charge in [-0.15, -0.1) is 0 Å². The van der Waals surface area contributed by atoms with Crippen LogP contribution < -0.4 is 10.6 Å². The van der Waals surface area contributed by atoms with E-state index in [4.69, 9.17) is 15.6 Å². The van der Waals surface area contributed by atoms with Crippen LogP contribution in [0, 0.1) is 5.41 Å². The molecule has 0 saturated carbocycles. The zero-order chi connectivity index (χ0) is 13.5. The molecule has 0 aliphatic carbocycles. The number of hydrogen-bond acceptors (Lipinski definition) is 4. The van der Waals surface area contributed by atoms with Gasteiger partial charge in [-0.25, -0.2) is 4.79 Å². The van der Waals surface area contributed by atoms with Gasteiger partial charge in [-0.2, -0.15) is 0 Å². The monoisotopic (exact) mass is 262 g/mol. The highest BCUT2D eigenvalue weighted by Gasteiger charge is 2.44. The van der Waals surface area contributed by atoms with Gasteiger partial charge in [0.05, 0.1) is 16.9 Å². The van der Waals surface area contributed by atoms with Crippen molar-refractivity contribution in [2.75, 3.05) is 36.9 Å². The van der Waals surface area contributed by atoms with E-state index in [1.807, 2.05) is 6.07 Å². The molecule has 2 aliphatic rings. The van der Waals surface area contributed by atoms with E-state index in [1.54, 1.807) is 6.07 Å². The number of carbonyl (C=O) groups is 1. The second-order valence-electron chi connectivity index (χ2n) is 5.55. The highest BCUT2D eigenvalue weighted by molar-refractivity contribution is 5.90. The summed E-state index contributed by atoms with van der Waals surface area (Å²) < 4.78 is 5.40. The molecule has 3 N–H and O–H groups in total. The molecule has 1 aromatic rings. The van der Waals surface area contributed by atoms with Crippen molar-refractivity contribution in [2.45, 2.75) is 12.8 Å². The molecule has 102 valence electrons. The van der Waals surface area contributed by atoms with Crippen LogP contribution in [0.5, 0.6) is 0 Å². The van der Waals surface area contributed by atoms with Crippen LogP contribution in [0.2, 0.25) is 0 Å². The molecule has 5 nitrogen and oxygen atoms in total. The summed E-state index contributed by atoms with van der Waals surface area (Å²) in [5.41, 5.74) is 8.07. The van der Waals surface area contributed by atoms with Gasteiger partial charge in [0.25, 0.3) is 0 Å². The van der Waals surface area contributed by atoms with Gasteiger partial charge in [-0.05, 0) is 31.0 Å². The topological polar surface area (TPSA) is 75.8 Å². The average Bonchev–Trinajstić information content (AvgIpc) is 2.37. The third-order valence-corrected chi connectivity index (χ3v) is 4.22. The summed E-state index contributed by atoms with van der Waals surface area (Å²) >= 11 is 0. The summed E-state index contributed by atoms with van der Waals surface area (Å²) in [7, 11) is 0. The summed E-state index contributed by atoms with van der Waals surface area (Å²) in [6.07, 6.45) is 2.22. The van der Waals surface area contributed by atoms with Gasteiger partial charge in [0.2, 0.25) is 0 Å². The third-order valence-electron chi connectivity index (χ3n) is 4.22. The fourth-order valence-corrected chi connectivity index (χ4v) is 3.03. The minimum atomic E-state index is -0.942. The number of aromatic carboxylic acids is 1. The van der Waals surface area contributed by atoms with Gasteiger partial charge in [-0.1, -0.05) is 0 Å². The van der Waals surface area contributed by atoms with E-state index in [1.165, 1.54) is 6.07 Å². The Morgan fingerprint density at radius 3 is 2.58 bits per heavy atom. The van der Waals surface area contributed by atoms with Crippen molar-refractivity contribution in [1.82, 2.24) is 0 Å². The SMILES string of the molecule is Nc1cc(C(=O)O)ccc1N1CC2(CCOCC2)C1. The van der Waals surface area contributed by atoms with Crippen LogP contribution in [0.25, 0.3) is 0 Å². The fraction of sp³-hybridized carbons (Fsp3) is 0.500. The molecule has 0 unspecified atom stereocenters. The van der Waals surface area contributed by atoms with E-state index in [0.29, 0.717) is 11.1 Å². The van der Waals surface area contributed by atoms with Crippen molar-refractivity contribution in [3.8, 4) is 0 Å². The Morgan fingerprint density at radius 2 is 2.00 bits per heavy atom. The predicted octanol–water partition coefficient (Wildman–Crippen LogP) is 1.58. The van der Waals surface area contributed by atoms with Crippen molar-refractivity contribution in [1.29, 1.82) is 0 Å². The van der Waals surface area contributed by atoms with Gasteiger partial charge in [0, 0.05) is 31.7 Å². The lowest BCUT2D eigenvalue weighted by Crippen LogP contribution is -2.58. The van der Waals surface area contributed by atoms with Crippen molar-refractivity contribution >= 4 is 17.3 Å². The van der Waals surface area contributed by atoms with Crippen LogP contribution >= 0.6 is 0 Å². The second-order valence-corrected chi connectivity index (χ2v) is 5.55. The highest BCUT2D eigenvalue weighted by atomic mass is 16.5. The Labute approximate surface area is 112 Å². The van der Waals surface area contributed by atoms with Crippen molar-refractivity contribution in [3.63, 3.8) is 0 Å². The maximum atomic E-state index is 10.9. The zero-order valence-corrected chi connectivity index (χ0v) is 10.8. The number of carboxylic acids is 1. The van der Waals surface area contributed by atoms with E-state index >= 15 is 0 Å². The summed E-state index contributed by atoms with van der Waals surface area (Å²) in [6, 6.07) is 4.96. The molecular weight excluding hydrogens is 244 g/mol. The standard InChI is InChI=1S/C14H18N2O3/c15-11-7-10(13(17)18)1-2-12(11)16-8-14(9-16)3-5-19-6-4-14/h1-2,7H,3-6,8-9,15H2,(H,17,18). The van der Waals surface area contributed by atoms with Gasteiger partial charge in [0.15, 0.2) is 0 Å². The summed E-state index contributed by atoms with van der Waals surface area (Å²) in [5, 5.41) is 8.93. The maximum Gasteiger partial charge on any atom is 0.335 e. The molecule has 2 heterocycles. The first-order chi connectivity index (χ1) is 9.10. The lowest BCUT2D eigenvalue weighted by molar-refractivity contribution is -0.000149. The van der Waals surface area contributed by atoms with Gasteiger partial charge < -0.3 is 20.5 Å². The second kappa shape index (κ2) is 4.42. The molecule has 3 rings (SSSR count). The number of nitrogens with zero attached hydrogens (tertiary/aromatic N) is 1. The van der Waals surface area contributed by atoms with Crippen molar-refractivity contribution in [2.24, 2.45) is 5.41 Å². The number of rotatable bonds is 2. The van der Waals surface area contributed by atoms with Gasteiger partial charge in [-0.3, -0.25) is 0 Å². The normalized spacial score (nSPS) is 21.2. The molecule has 0 aromatic heterocycles. The van der Waals surface area contributed by atoms with Crippen LogP contribution in [0.4, 0.5) is 11.4 Å². The van der Waals surface area contributed by atoms with Gasteiger partial charge >= 0.3 is 5.97 Å². The maximum absolute atomic E-state index is 10.9. The lowest BCUT2D eigenvalue weighted by Gasteiger charge is -2.53. The first-order valence-corrected chi connectivity index (χ1v) is 6.55. The number of anilines is 2. The number of hydrogen-bond donors (Lipinski definition) is 2. The largest absolute Gasteiger partial charge is 0.478 e. The Balaban J connectivity index is 1.73. The minimum absolute atomic E-state index is 0.238. The molecule has 0 amide bonds. The van der Waals surface area contributed by atoms with Crippen molar-refractivity contribution in [3.05, 3.63) is 23.8 Å². The quantitative estimate of drug-likeness (QED) is 0.791. The molecule has 5 heteroatoms. The predicted molar refractivity (Wildman–Crippen MR) is 72.5 cm³/mol. The lowest BCUT2D eigenvalue weighted by atomic mass is 9.73. The van der Waals surface area contributed by atoms with E-state index in [2.05, 4.69) is 4.90 Å². The third kappa shape index (κ3) is 2.14. The molecule has 2 aliphatic heterocycles. The average molecular weight is 262 g/mol. The van der Waals surface area contributed by atoms with E-state index < -0.39 is 5.97 Å². The molecule has 1 aromatic carbocycles. The van der Waals surface area contributed by atoms with E-state index in [0.717, 1.165) is 44.8 Å². The van der Waals surface area contributed by atoms with Gasteiger partial charge in [0.1, 0.15) is 0 Å². The van der Waals surface area contributed by atoms with E-state index in [-0.39, 0.29) is 5.56 Å². The molecule has 0 radical (unpaired) electrons. The minimum Gasteiger partial charge on any atom is -0.478 e. The van der Waals surface area contributed by atoms with Crippen LogP contribution in [-0.4, -0.2) is 37.4 Å². The molecule has 19 heavy (non-hydrogen) atoms. The molecule has 2 fully saturated rings. The Hall–Kier alpha value is -1.75. The number of benzene rings is 1. The fourth-order valence-electron chi connectivity index (χ4n) is 3.03. The molecule has 1 spiro atoms. The Kier molecular flexibility index (Phi) is 2.86. The first kappa shape index (κ1) is 12.3. The number of ether oxygens (including phenoxy) is 1. The Morgan fingerprint density at radius 1 is 1.32 bits per heavy atom. The smallest absolute Gasteiger partial charge is 0.335 e. The van der Waals surface area contributed by atoms with Crippen LogP contribution in [0.15, 0.2) is 18.2 Å².